The van der Waals surface area contributed by atoms with E-state index in [1.165, 1.54) is 137 Å². The summed E-state index contributed by atoms with van der Waals surface area (Å²) in [5, 5.41) is 12.1. The zero-order valence-electron chi connectivity index (χ0n) is 49.7. The van der Waals surface area contributed by atoms with Gasteiger partial charge in [0.1, 0.15) is 0 Å². The molecule has 0 bridgehead atoms. The Morgan fingerprint density at radius 2 is 0.713 bits per heavy atom. The molecule has 0 spiro atoms. The highest BCUT2D eigenvalue weighted by Crippen LogP contribution is 2.56. The quantitative estimate of drug-likeness (QED) is 0.140. The molecule has 1 atom stereocenters. The zero-order valence-corrected chi connectivity index (χ0v) is 49.7. The normalized spacial score (nSPS) is 15.8. The van der Waals surface area contributed by atoms with E-state index in [-0.39, 0.29) is 10.8 Å². The lowest BCUT2D eigenvalue weighted by atomic mass is 9.78. The Morgan fingerprint density at radius 3 is 1.25 bits per heavy atom. The van der Waals surface area contributed by atoms with Gasteiger partial charge in [-0.3, -0.25) is 0 Å². The monoisotopic (exact) mass is 1110 g/mol. The molecule has 0 amide bonds. The first kappa shape index (κ1) is 51.2. The Labute approximate surface area is 509 Å². The van der Waals surface area contributed by atoms with E-state index in [1.807, 2.05) is 0 Å². The van der Waals surface area contributed by atoms with Crippen LogP contribution in [0.25, 0.3) is 104 Å². The summed E-state index contributed by atoms with van der Waals surface area (Å²) >= 11 is 0. The molecular weight excluding hydrogens is 1050 g/mol. The molecule has 0 unspecified atom stereocenters. The molecule has 0 heterocycles. The van der Waals surface area contributed by atoms with E-state index in [1.54, 1.807) is 0 Å². The van der Waals surface area contributed by atoms with Gasteiger partial charge in [-0.2, -0.15) is 0 Å². The highest BCUT2D eigenvalue weighted by atomic mass is 15.2. The number of nitrogens with zero attached hydrogens (tertiary/aromatic N) is 2. The summed E-state index contributed by atoms with van der Waals surface area (Å²) < 4.78 is 0. The first-order chi connectivity index (χ1) is 42.5. The fraction of sp³-hybridized carbons (Fsp3) is 0.106. The van der Waals surface area contributed by atoms with Crippen molar-refractivity contribution in [3.8, 4) is 44.5 Å². The fourth-order valence-corrected chi connectivity index (χ4v) is 16.0. The van der Waals surface area contributed by atoms with E-state index in [0.29, 0.717) is 0 Å². The minimum absolute atomic E-state index is 0.209. The lowest BCUT2D eigenvalue weighted by molar-refractivity contribution is 0.484. The van der Waals surface area contributed by atoms with Gasteiger partial charge in [0.25, 0.3) is 0 Å². The van der Waals surface area contributed by atoms with Crippen molar-refractivity contribution in [1.82, 2.24) is 0 Å². The number of fused-ring (bicyclic) bond motifs is 12. The zero-order chi connectivity index (χ0) is 58.3. The van der Waals surface area contributed by atoms with Crippen molar-refractivity contribution < 1.29 is 0 Å². The summed E-state index contributed by atoms with van der Waals surface area (Å²) in [5.41, 5.74) is 23.0. The van der Waals surface area contributed by atoms with Crippen LogP contribution in [0.3, 0.4) is 0 Å². The van der Waals surface area contributed by atoms with E-state index in [0.717, 1.165) is 29.2 Å². The van der Waals surface area contributed by atoms with Crippen LogP contribution < -0.4 is 9.80 Å². The predicted octanol–water partition coefficient (Wildman–Crippen LogP) is 23.3. The minimum atomic E-state index is -0.450. The van der Waals surface area contributed by atoms with Gasteiger partial charge in [-0.25, -0.2) is 0 Å². The van der Waals surface area contributed by atoms with Crippen LogP contribution in [0.1, 0.15) is 74.4 Å². The van der Waals surface area contributed by atoms with Gasteiger partial charge in [-0.1, -0.05) is 258 Å². The van der Waals surface area contributed by atoms with Gasteiger partial charge in [0.05, 0.1) is 16.9 Å². The minimum Gasteiger partial charge on any atom is -0.331 e. The van der Waals surface area contributed by atoms with Gasteiger partial charge < -0.3 is 9.80 Å². The van der Waals surface area contributed by atoms with Crippen molar-refractivity contribution in [3.05, 3.63) is 312 Å². The maximum Gasteiger partial charge on any atom is 0.0714 e. The molecule has 0 aromatic heterocycles. The summed E-state index contributed by atoms with van der Waals surface area (Å²) in [6.45, 7) is 12.1. The lowest BCUT2D eigenvalue weighted by Gasteiger charge is -2.46. The van der Waals surface area contributed by atoms with Crippen molar-refractivity contribution in [1.29, 1.82) is 0 Å². The number of rotatable bonds is 8. The average molecular weight is 1110 g/mol. The van der Waals surface area contributed by atoms with Crippen molar-refractivity contribution in [3.63, 3.8) is 0 Å². The van der Waals surface area contributed by atoms with Gasteiger partial charge in [-0.05, 0) is 184 Å². The SMILES string of the molecule is CC1(C)c2ccccc2-c2ccc(-c3c4ccc(N(c5cccc6ccccc56)[C@]5(C)CC=Cc6ccccc65)cc4c(-c4ccc5c(c4)C(C)(C)c4ccccc4-5)c4ccc(N(c5cccc6ccccc56)c5cccc6ccccc56)cc34)cc21. The molecule has 2 nitrogen and oxygen atoms in total. The molecule has 2 heteroatoms. The van der Waals surface area contributed by atoms with Crippen LogP contribution in [0.15, 0.2) is 279 Å². The van der Waals surface area contributed by atoms with E-state index >= 15 is 0 Å². The Kier molecular flexibility index (Phi) is 11.2. The summed E-state index contributed by atoms with van der Waals surface area (Å²) in [6.07, 6.45) is 5.53. The van der Waals surface area contributed by atoms with Gasteiger partial charge in [-0.15, -0.1) is 0 Å². The van der Waals surface area contributed by atoms with Crippen LogP contribution in [0.5, 0.6) is 0 Å². The van der Waals surface area contributed by atoms with E-state index in [4.69, 9.17) is 0 Å². The molecule has 87 heavy (non-hydrogen) atoms. The Bertz CT molecular complexity index is 5150. The van der Waals surface area contributed by atoms with E-state index in [2.05, 4.69) is 330 Å². The third-order valence-corrected chi connectivity index (χ3v) is 20.2. The van der Waals surface area contributed by atoms with Crippen molar-refractivity contribution in [2.24, 2.45) is 0 Å². The number of hydrogen-bond acceptors (Lipinski definition) is 2. The first-order valence-electron chi connectivity index (χ1n) is 30.9. The van der Waals surface area contributed by atoms with Crippen LogP contribution in [-0.4, -0.2) is 0 Å². The van der Waals surface area contributed by atoms with Gasteiger partial charge >= 0.3 is 0 Å². The molecule has 0 radical (unpaired) electrons. The number of anilines is 5. The molecule has 0 saturated carbocycles. The predicted molar refractivity (Wildman–Crippen MR) is 371 cm³/mol. The maximum absolute atomic E-state index is 2.68. The number of hydrogen-bond donors (Lipinski definition) is 0. The van der Waals surface area contributed by atoms with Crippen molar-refractivity contribution in [2.45, 2.75) is 57.4 Å². The third-order valence-electron chi connectivity index (χ3n) is 20.2. The van der Waals surface area contributed by atoms with Crippen molar-refractivity contribution >= 4 is 88.4 Å². The second kappa shape index (κ2) is 19.1. The number of benzene rings is 14. The van der Waals surface area contributed by atoms with Crippen LogP contribution in [0, 0.1) is 0 Å². The Hall–Kier alpha value is -10.3. The molecule has 0 saturated heterocycles. The molecular formula is C85H64N2. The molecule has 0 aliphatic heterocycles. The van der Waals surface area contributed by atoms with Crippen LogP contribution >= 0.6 is 0 Å². The molecule has 14 aromatic rings. The van der Waals surface area contributed by atoms with E-state index < -0.39 is 5.54 Å². The summed E-state index contributed by atoms with van der Waals surface area (Å²) in [7, 11) is 0. The van der Waals surface area contributed by atoms with E-state index in [9.17, 15) is 0 Å². The highest BCUT2D eigenvalue weighted by Gasteiger charge is 2.40. The summed E-state index contributed by atoms with van der Waals surface area (Å²) in [4.78, 5) is 5.20. The summed E-state index contributed by atoms with van der Waals surface area (Å²) in [6, 6.07) is 104. The lowest BCUT2D eigenvalue weighted by Crippen LogP contribution is -2.42. The molecule has 14 aromatic carbocycles. The van der Waals surface area contributed by atoms with Gasteiger partial charge in [0, 0.05) is 44.1 Å². The van der Waals surface area contributed by atoms with Crippen molar-refractivity contribution in [2.75, 3.05) is 9.80 Å². The molecule has 3 aliphatic carbocycles. The second-order valence-corrected chi connectivity index (χ2v) is 25.7. The molecule has 414 valence electrons. The van der Waals surface area contributed by atoms with Gasteiger partial charge in [0.15, 0.2) is 0 Å². The molecule has 0 fully saturated rings. The maximum atomic E-state index is 2.68. The topological polar surface area (TPSA) is 6.48 Å². The highest BCUT2D eigenvalue weighted by molar-refractivity contribution is 6.23. The largest absolute Gasteiger partial charge is 0.331 e. The van der Waals surface area contributed by atoms with Crippen LogP contribution in [-0.2, 0) is 16.4 Å². The molecule has 3 aliphatic rings. The van der Waals surface area contributed by atoms with Crippen LogP contribution in [0.2, 0.25) is 0 Å². The Balaban J connectivity index is 1.01. The third kappa shape index (κ3) is 7.60. The molecule has 0 N–H and O–H groups in total. The first-order valence-corrected chi connectivity index (χ1v) is 30.9. The Morgan fingerprint density at radius 1 is 0.299 bits per heavy atom. The molecule has 17 rings (SSSR count). The average Bonchev–Trinajstić information content (AvgIpc) is 1.81. The van der Waals surface area contributed by atoms with Gasteiger partial charge in [0.2, 0.25) is 0 Å². The smallest absolute Gasteiger partial charge is 0.0714 e. The van der Waals surface area contributed by atoms with Crippen LogP contribution in [0.4, 0.5) is 28.4 Å². The fourth-order valence-electron chi connectivity index (χ4n) is 16.0. The standard InChI is InChI=1S/C85H64N2/c1-83(2)74-36-16-13-33-65(74)67-45-41-58(50-76(67)83)81-70-48-44-61(87(80-40-20-28-56-24-8-12-32-64(56)80)85(5)49-21-29-57-25-9-15-35-73(57)85)53-72(70)82(59-42-46-68-66-34-14-17-37-75(66)84(3,4)77(68)51-59)69-47-43-60(52-71(69)81)86(78-38-18-26-54-22-6-10-30-62(54)78)79-39-19-27-55-23-7-11-31-63(55)79/h6-48,50-53H,49H2,1-5H3/t85-/m1/s1. The second-order valence-electron chi connectivity index (χ2n) is 25.7. The summed E-state index contributed by atoms with van der Waals surface area (Å²) in [5.74, 6) is 0.